The average Bonchev–Trinajstić information content (AvgIpc) is 1.88. The molecule has 0 spiro atoms. The molecule has 0 aromatic rings. The van der Waals surface area contributed by atoms with E-state index in [0.717, 1.165) is 6.54 Å². The second-order valence-corrected chi connectivity index (χ2v) is 3.21. The molecule has 0 aliphatic carbocycles. The van der Waals surface area contributed by atoms with Crippen LogP contribution in [0.3, 0.4) is 0 Å². The molecule has 0 radical (unpaired) electrons. The Morgan fingerprint density at radius 3 is 2.40 bits per heavy atom. The van der Waals surface area contributed by atoms with Gasteiger partial charge in [-0.05, 0) is 32.9 Å². The molecule has 0 saturated carbocycles. The van der Waals surface area contributed by atoms with E-state index in [2.05, 4.69) is 4.90 Å². The van der Waals surface area contributed by atoms with Gasteiger partial charge in [0.2, 0.25) is 0 Å². The summed E-state index contributed by atoms with van der Waals surface area (Å²) >= 11 is 0. The molecule has 1 atom stereocenters. The smallest absolute Gasteiger partial charge is 0.0639 e. The zero-order chi connectivity index (χ0) is 7.40. The molecule has 10 heavy (non-hydrogen) atoms. The van der Waals surface area contributed by atoms with Crippen LogP contribution in [0, 0.1) is 0 Å². The van der Waals surface area contributed by atoms with E-state index in [4.69, 9.17) is 5.11 Å². The molecule has 0 amide bonds. The Labute approximate surface area is 62.8 Å². The van der Waals surface area contributed by atoms with Gasteiger partial charge in [-0.3, -0.25) is 0 Å². The number of likely N-dealkylation sites (tertiary alicyclic amines) is 1. The highest BCUT2D eigenvalue weighted by molar-refractivity contribution is 4.66. The van der Waals surface area contributed by atoms with Crippen molar-refractivity contribution in [3.63, 3.8) is 0 Å². The zero-order valence-electron chi connectivity index (χ0n) is 6.71. The molecule has 0 aromatic heterocycles. The van der Waals surface area contributed by atoms with Gasteiger partial charge >= 0.3 is 0 Å². The Bertz CT molecular complexity index is 87.3. The van der Waals surface area contributed by atoms with Crippen LogP contribution in [0.1, 0.15) is 26.2 Å². The van der Waals surface area contributed by atoms with Crippen LogP contribution < -0.4 is 0 Å². The number of β-amino-alcohol motifs (C(OH)–C–C–N with tert-alkyl or cyclic N) is 1. The van der Waals surface area contributed by atoms with Crippen LogP contribution in [-0.4, -0.2) is 35.7 Å². The monoisotopic (exact) mass is 143 g/mol. The molecule has 1 aliphatic heterocycles. The van der Waals surface area contributed by atoms with Crippen LogP contribution >= 0.6 is 0 Å². The third-order valence-electron chi connectivity index (χ3n) is 1.97. The molecule has 2 nitrogen and oxygen atoms in total. The Balaban J connectivity index is 2.13. The number of piperidine rings is 1. The van der Waals surface area contributed by atoms with Gasteiger partial charge in [-0.25, -0.2) is 0 Å². The number of hydrogen-bond acceptors (Lipinski definition) is 2. The van der Waals surface area contributed by atoms with Crippen LogP contribution in [0.15, 0.2) is 0 Å². The number of rotatable bonds is 2. The quantitative estimate of drug-likeness (QED) is 0.619. The minimum atomic E-state index is -0.155. The van der Waals surface area contributed by atoms with E-state index >= 15 is 0 Å². The van der Waals surface area contributed by atoms with Gasteiger partial charge in [0.05, 0.1) is 6.10 Å². The Kier molecular flexibility index (Phi) is 3.16. The summed E-state index contributed by atoms with van der Waals surface area (Å²) in [5, 5.41) is 9.06. The first-order chi connectivity index (χ1) is 4.79. The van der Waals surface area contributed by atoms with Crippen molar-refractivity contribution in [3.05, 3.63) is 0 Å². The lowest BCUT2D eigenvalue weighted by molar-refractivity contribution is 0.114. The van der Waals surface area contributed by atoms with Crippen molar-refractivity contribution >= 4 is 0 Å². The summed E-state index contributed by atoms with van der Waals surface area (Å²) in [6.45, 7) is 5.09. The maximum absolute atomic E-state index is 9.06. The largest absolute Gasteiger partial charge is 0.392 e. The van der Waals surface area contributed by atoms with Gasteiger partial charge in [0.1, 0.15) is 0 Å². The van der Waals surface area contributed by atoms with Crippen molar-refractivity contribution in [3.8, 4) is 0 Å². The molecule has 1 unspecified atom stereocenters. The number of aliphatic hydroxyl groups excluding tert-OH is 1. The second kappa shape index (κ2) is 3.94. The summed E-state index contributed by atoms with van der Waals surface area (Å²) in [5.74, 6) is 0. The van der Waals surface area contributed by atoms with Crippen molar-refractivity contribution in [1.29, 1.82) is 0 Å². The minimum Gasteiger partial charge on any atom is -0.392 e. The molecule has 2 heteroatoms. The lowest BCUT2D eigenvalue weighted by atomic mass is 10.1. The van der Waals surface area contributed by atoms with Crippen LogP contribution in [0.5, 0.6) is 0 Å². The van der Waals surface area contributed by atoms with E-state index in [0.29, 0.717) is 0 Å². The fraction of sp³-hybridized carbons (Fsp3) is 1.00. The lowest BCUT2D eigenvalue weighted by Crippen LogP contribution is -2.35. The van der Waals surface area contributed by atoms with Gasteiger partial charge in [-0.1, -0.05) is 6.42 Å². The molecule has 0 bridgehead atoms. The second-order valence-electron chi connectivity index (χ2n) is 3.21. The topological polar surface area (TPSA) is 23.5 Å². The lowest BCUT2D eigenvalue weighted by Gasteiger charge is -2.27. The average molecular weight is 143 g/mol. The predicted molar refractivity (Wildman–Crippen MR) is 42.0 cm³/mol. The van der Waals surface area contributed by atoms with Crippen molar-refractivity contribution < 1.29 is 5.11 Å². The maximum atomic E-state index is 9.06. The molecule has 1 rings (SSSR count). The fourth-order valence-electron chi connectivity index (χ4n) is 1.52. The summed E-state index contributed by atoms with van der Waals surface area (Å²) in [5.41, 5.74) is 0. The molecule has 1 saturated heterocycles. The van der Waals surface area contributed by atoms with Crippen molar-refractivity contribution in [2.24, 2.45) is 0 Å². The summed E-state index contributed by atoms with van der Waals surface area (Å²) in [6.07, 6.45) is 3.84. The van der Waals surface area contributed by atoms with E-state index in [1.807, 2.05) is 6.92 Å². The highest BCUT2D eigenvalue weighted by Crippen LogP contribution is 2.08. The van der Waals surface area contributed by atoms with E-state index in [1.54, 1.807) is 0 Å². The standard InChI is InChI=1S/C8H17NO/c1-8(10)7-9-5-3-2-4-6-9/h8,10H,2-7H2,1H3. The van der Waals surface area contributed by atoms with Crippen LogP contribution in [-0.2, 0) is 0 Å². The Morgan fingerprint density at radius 2 is 1.90 bits per heavy atom. The molecule has 60 valence electrons. The normalized spacial score (nSPS) is 24.6. The first kappa shape index (κ1) is 8.02. The van der Waals surface area contributed by atoms with E-state index in [1.165, 1.54) is 32.4 Å². The number of aliphatic hydroxyl groups is 1. The zero-order valence-corrected chi connectivity index (χ0v) is 6.71. The van der Waals surface area contributed by atoms with Crippen LogP contribution in [0.4, 0.5) is 0 Å². The predicted octanol–water partition coefficient (Wildman–Crippen LogP) is 0.853. The Hall–Kier alpha value is -0.0800. The van der Waals surface area contributed by atoms with Crippen molar-refractivity contribution in [1.82, 2.24) is 4.90 Å². The first-order valence-corrected chi connectivity index (χ1v) is 4.19. The van der Waals surface area contributed by atoms with Crippen LogP contribution in [0.2, 0.25) is 0 Å². The maximum Gasteiger partial charge on any atom is 0.0639 e. The molecule has 1 fully saturated rings. The highest BCUT2D eigenvalue weighted by atomic mass is 16.3. The SMILES string of the molecule is CC(O)CN1CCCCC1. The minimum absolute atomic E-state index is 0.155. The third-order valence-corrected chi connectivity index (χ3v) is 1.97. The van der Waals surface area contributed by atoms with Crippen molar-refractivity contribution in [2.45, 2.75) is 32.3 Å². The van der Waals surface area contributed by atoms with E-state index < -0.39 is 0 Å². The fourth-order valence-corrected chi connectivity index (χ4v) is 1.52. The summed E-state index contributed by atoms with van der Waals surface area (Å²) in [4.78, 5) is 2.34. The van der Waals surface area contributed by atoms with E-state index in [-0.39, 0.29) is 6.10 Å². The summed E-state index contributed by atoms with van der Waals surface area (Å²) < 4.78 is 0. The molecular weight excluding hydrogens is 126 g/mol. The summed E-state index contributed by atoms with van der Waals surface area (Å²) in [6, 6.07) is 0. The molecule has 0 aromatic carbocycles. The van der Waals surface area contributed by atoms with E-state index in [9.17, 15) is 0 Å². The van der Waals surface area contributed by atoms with Gasteiger partial charge < -0.3 is 10.0 Å². The Morgan fingerprint density at radius 1 is 1.30 bits per heavy atom. The van der Waals surface area contributed by atoms with Gasteiger partial charge in [0, 0.05) is 6.54 Å². The van der Waals surface area contributed by atoms with Gasteiger partial charge in [-0.15, -0.1) is 0 Å². The van der Waals surface area contributed by atoms with Crippen molar-refractivity contribution in [2.75, 3.05) is 19.6 Å². The molecule has 1 heterocycles. The third kappa shape index (κ3) is 2.67. The first-order valence-electron chi connectivity index (χ1n) is 4.19. The number of hydrogen-bond donors (Lipinski definition) is 1. The van der Waals surface area contributed by atoms with Gasteiger partial charge in [-0.2, -0.15) is 0 Å². The molecule has 1 N–H and O–H groups in total. The molecule has 1 aliphatic rings. The molecular formula is C8H17NO. The van der Waals surface area contributed by atoms with Crippen LogP contribution in [0.25, 0.3) is 0 Å². The summed E-state index contributed by atoms with van der Waals surface area (Å²) in [7, 11) is 0. The highest BCUT2D eigenvalue weighted by Gasteiger charge is 2.10. The van der Waals surface area contributed by atoms with Gasteiger partial charge in [0.15, 0.2) is 0 Å². The number of nitrogens with zero attached hydrogens (tertiary/aromatic N) is 1. The van der Waals surface area contributed by atoms with Gasteiger partial charge in [0.25, 0.3) is 0 Å².